The maximum absolute atomic E-state index is 9.18. The van der Waals surface area contributed by atoms with E-state index in [1.165, 1.54) is 11.8 Å². The number of aromatic nitrogens is 4. The third-order valence-corrected chi connectivity index (χ3v) is 3.07. The molecular weight excluding hydrogens is 270 g/mol. The zero-order chi connectivity index (χ0) is 13.8. The Hall–Kier alpha value is -1.42. The molecular formula is C10H15N5O3S. The lowest BCUT2D eigenvalue weighted by Gasteiger charge is -2.09. The predicted molar refractivity (Wildman–Crippen MR) is 70.6 cm³/mol. The fraction of sp³-hybridized carbons (Fsp3) is 0.500. The highest BCUT2D eigenvalue weighted by atomic mass is 32.2. The van der Waals surface area contributed by atoms with Crippen LogP contribution in [0.2, 0.25) is 0 Å². The van der Waals surface area contributed by atoms with Crippen molar-refractivity contribution in [2.24, 2.45) is 0 Å². The minimum Gasteiger partial charge on any atom is -0.394 e. The molecule has 0 spiro atoms. The van der Waals surface area contributed by atoms with Crippen LogP contribution >= 0.6 is 11.8 Å². The van der Waals surface area contributed by atoms with Gasteiger partial charge in [0.15, 0.2) is 5.65 Å². The van der Waals surface area contributed by atoms with Gasteiger partial charge in [-0.3, -0.25) is 4.57 Å². The average molecular weight is 285 g/mol. The van der Waals surface area contributed by atoms with Crippen molar-refractivity contribution in [2.45, 2.75) is 17.9 Å². The quantitative estimate of drug-likeness (QED) is 0.478. The highest BCUT2D eigenvalue weighted by Gasteiger charge is 2.12. The van der Waals surface area contributed by atoms with E-state index in [9.17, 15) is 5.11 Å². The fourth-order valence-corrected chi connectivity index (χ4v) is 2.03. The third kappa shape index (κ3) is 3.13. The Kier molecular flexibility index (Phi) is 4.53. The number of nitrogen functional groups attached to an aromatic ring is 1. The lowest BCUT2D eigenvalue weighted by atomic mass is 10.4. The molecule has 0 aliphatic rings. The second-order valence-corrected chi connectivity index (χ2v) is 4.61. The number of imidazole rings is 1. The summed E-state index contributed by atoms with van der Waals surface area (Å²) in [5.41, 5.74) is 6.88. The van der Waals surface area contributed by atoms with E-state index in [-0.39, 0.29) is 25.9 Å². The fourth-order valence-electron chi connectivity index (χ4n) is 1.51. The van der Waals surface area contributed by atoms with Gasteiger partial charge in [0.1, 0.15) is 23.4 Å². The van der Waals surface area contributed by atoms with Gasteiger partial charge in [0.25, 0.3) is 0 Å². The SMILES string of the molecule is CSc1nc(N)nc2c1ncn2COCC(O)CO. The van der Waals surface area contributed by atoms with Crippen molar-refractivity contribution < 1.29 is 14.9 Å². The molecule has 0 bridgehead atoms. The van der Waals surface area contributed by atoms with E-state index in [1.54, 1.807) is 10.9 Å². The predicted octanol–water partition coefficient (Wildman–Crippen LogP) is -0.542. The molecule has 0 aliphatic heterocycles. The number of fused-ring (bicyclic) bond motifs is 1. The summed E-state index contributed by atoms with van der Waals surface area (Å²) in [5, 5.41) is 18.6. The van der Waals surface area contributed by atoms with Gasteiger partial charge < -0.3 is 20.7 Å². The van der Waals surface area contributed by atoms with Gasteiger partial charge >= 0.3 is 0 Å². The molecule has 9 heteroatoms. The topological polar surface area (TPSA) is 119 Å². The lowest BCUT2D eigenvalue weighted by molar-refractivity contribution is -0.0163. The number of rotatable bonds is 6. The first kappa shape index (κ1) is 14.0. The summed E-state index contributed by atoms with van der Waals surface area (Å²) in [6.45, 7) is -0.139. The maximum Gasteiger partial charge on any atom is 0.223 e. The number of anilines is 1. The molecule has 1 unspecified atom stereocenters. The third-order valence-electron chi connectivity index (χ3n) is 2.39. The minimum absolute atomic E-state index is 0.0339. The summed E-state index contributed by atoms with van der Waals surface area (Å²) in [6, 6.07) is 0. The second-order valence-electron chi connectivity index (χ2n) is 3.81. The molecule has 0 saturated heterocycles. The highest BCUT2D eigenvalue weighted by molar-refractivity contribution is 7.98. The molecule has 8 nitrogen and oxygen atoms in total. The summed E-state index contributed by atoms with van der Waals surface area (Å²) < 4.78 is 6.92. The van der Waals surface area contributed by atoms with E-state index in [4.69, 9.17) is 15.6 Å². The second kappa shape index (κ2) is 6.15. The summed E-state index contributed by atoms with van der Waals surface area (Å²) >= 11 is 1.44. The smallest absolute Gasteiger partial charge is 0.223 e. The summed E-state index contributed by atoms with van der Waals surface area (Å²) in [6.07, 6.45) is 2.56. The number of aliphatic hydroxyl groups is 2. The van der Waals surface area contributed by atoms with Crippen LogP contribution in [-0.2, 0) is 11.5 Å². The number of ether oxygens (including phenoxy) is 1. The molecule has 2 aromatic rings. The van der Waals surface area contributed by atoms with Gasteiger partial charge in [-0.1, -0.05) is 0 Å². The van der Waals surface area contributed by atoms with Gasteiger partial charge in [0.05, 0.1) is 19.5 Å². The number of hydrogen-bond acceptors (Lipinski definition) is 8. The first-order valence-electron chi connectivity index (χ1n) is 5.54. The molecule has 0 amide bonds. The minimum atomic E-state index is -0.892. The molecule has 2 rings (SSSR count). The van der Waals surface area contributed by atoms with Gasteiger partial charge in [0, 0.05) is 0 Å². The average Bonchev–Trinajstić information content (AvgIpc) is 2.80. The van der Waals surface area contributed by atoms with Crippen molar-refractivity contribution in [3.8, 4) is 0 Å². The van der Waals surface area contributed by atoms with Gasteiger partial charge in [-0.2, -0.15) is 4.98 Å². The molecule has 2 aromatic heterocycles. The van der Waals surface area contributed by atoms with E-state index >= 15 is 0 Å². The van der Waals surface area contributed by atoms with Crippen molar-refractivity contribution in [3.63, 3.8) is 0 Å². The standard InChI is InChI=1S/C10H15N5O3S/c1-19-9-7-8(13-10(11)14-9)15(4-12-7)5-18-3-6(17)2-16/h4,6,16-17H,2-3,5H2,1H3,(H2,11,13,14). The number of hydrogen-bond donors (Lipinski definition) is 3. The Labute approximate surface area is 113 Å². The first-order valence-corrected chi connectivity index (χ1v) is 6.77. The van der Waals surface area contributed by atoms with Gasteiger partial charge in [-0.05, 0) is 6.26 Å². The van der Waals surface area contributed by atoms with Crippen LogP contribution in [0.3, 0.4) is 0 Å². The number of nitrogens with two attached hydrogens (primary N) is 1. The van der Waals surface area contributed by atoms with E-state index in [1.807, 2.05) is 6.26 Å². The Morgan fingerprint density at radius 1 is 1.53 bits per heavy atom. The van der Waals surface area contributed by atoms with Gasteiger partial charge in [-0.25, -0.2) is 9.97 Å². The van der Waals surface area contributed by atoms with Crippen LogP contribution in [0.4, 0.5) is 5.95 Å². The number of thioether (sulfide) groups is 1. The Morgan fingerprint density at radius 2 is 2.32 bits per heavy atom. The molecule has 4 N–H and O–H groups in total. The monoisotopic (exact) mass is 285 g/mol. The van der Waals surface area contributed by atoms with Crippen LogP contribution in [0.25, 0.3) is 11.2 Å². The van der Waals surface area contributed by atoms with Crippen LogP contribution in [0.15, 0.2) is 11.4 Å². The van der Waals surface area contributed by atoms with Crippen LogP contribution < -0.4 is 5.73 Å². The maximum atomic E-state index is 9.18. The lowest BCUT2D eigenvalue weighted by Crippen LogP contribution is -2.20. The van der Waals surface area contributed by atoms with Crippen molar-refractivity contribution in [2.75, 3.05) is 25.2 Å². The van der Waals surface area contributed by atoms with Crippen molar-refractivity contribution in [3.05, 3.63) is 6.33 Å². The summed E-state index contributed by atoms with van der Waals surface area (Å²) in [7, 11) is 0. The number of aliphatic hydroxyl groups excluding tert-OH is 2. The molecule has 0 fully saturated rings. The van der Waals surface area contributed by atoms with E-state index in [0.717, 1.165) is 0 Å². The molecule has 0 aliphatic carbocycles. The van der Waals surface area contributed by atoms with Crippen molar-refractivity contribution in [1.29, 1.82) is 0 Å². The van der Waals surface area contributed by atoms with E-state index in [2.05, 4.69) is 15.0 Å². The van der Waals surface area contributed by atoms with E-state index < -0.39 is 6.10 Å². The van der Waals surface area contributed by atoms with Crippen LogP contribution in [0.5, 0.6) is 0 Å². The van der Waals surface area contributed by atoms with Crippen molar-refractivity contribution in [1.82, 2.24) is 19.5 Å². The molecule has 0 radical (unpaired) electrons. The van der Waals surface area contributed by atoms with Crippen LogP contribution in [0.1, 0.15) is 0 Å². The number of nitrogens with zero attached hydrogens (tertiary/aromatic N) is 4. The summed E-state index contributed by atoms with van der Waals surface area (Å²) in [4.78, 5) is 12.4. The van der Waals surface area contributed by atoms with Gasteiger partial charge in [-0.15, -0.1) is 11.8 Å². The Bertz CT molecular complexity index is 561. The summed E-state index contributed by atoms with van der Waals surface area (Å²) in [5.74, 6) is 0.175. The van der Waals surface area contributed by atoms with Gasteiger partial charge in [0.2, 0.25) is 5.95 Å². The molecule has 1 atom stereocenters. The molecule has 0 aromatic carbocycles. The normalized spacial score (nSPS) is 13.0. The first-order chi connectivity index (χ1) is 9.15. The van der Waals surface area contributed by atoms with Crippen LogP contribution in [-0.4, -0.2) is 55.3 Å². The highest BCUT2D eigenvalue weighted by Crippen LogP contribution is 2.22. The molecule has 2 heterocycles. The zero-order valence-electron chi connectivity index (χ0n) is 10.4. The zero-order valence-corrected chi connectivity index (χ0v) is 11.2. The Morgan fingerprint density at radius 3 is 3.00 bits per heavy atom. The Balaban J connectivity index is 2.18. The van der Waals surface area contributed by atoms with E-state index in [0.29, 0.717) is 16.2 Å². The van der Waals surface area contributed by atoms with Crippen LogP contribution in [0, 0.1) is 0 Å². The van der Waals surface area contributed by atoms with Crippen molar-refractivity contribution >= 4 is 28.9 Å². The molecule has 19 heavy (non-hydrogen) atoms. The largest absolute Gasteiger partial charge is 0.394 e. The molecule has 104 valence electrons. The molecule has 0 saturated carbocycles.